The number of halogens is 1. The van der Waals surface area contributed by atoms with Gasteiger partial charge in [-0.15, -0.1) is 0 Å². The van der Waals surface area contributed by atoms with Crippen LogP contribution in [0.5, 0.6) is 0 Å². The van der Waals surface area contributed by atoms with E-state index in [1.807, 2.05) is 25.1 Å². The number of hydrogen-bond acceptors (Lipinski definition) is 2. The second-order valence-corrected chi connectivity index (χ2v) is 3.94. The second kappa shape index (κ2) is 4.57. The van der Waals surface area contributed by atoms with Gasteiger partial charge in [-0.3, -0.25) is 4.79 Å². The van der Waals surface area contributed by atoms with Gasteiger partial charge in [-0.2, -0.15) is 0 Å². The molecule has 1 rings (SSSR count). The molecule has 14 heavy (non-hydrogen) atoms. The maximum absolute atomic E-state index is 11.3. The van der Waals surface area contributed by atoms with E-state index in [2.05, 4.69) is 15.9 Å². The number of rotatable bonds is 2. The Kier molecular flexibility index (Phi) is 3.66. The summed E-state index contributed by atoms with van der Waals surface area (Å²) in [6.45, 7) is 2.01. The van der Waals surface area contributed by atoms with E-state index in [1.54, 1.807) is 11.9 Å². The van der Waals surface area contributed by atoms with Crippen LogP contribution in [0, 0.1) is 6.92 Å². The lowest BCUT2D eigenvalue weighted by atomic mass is 10.2. The lowest BCUT2D eigenvalue weighted by molar-refractivity contribution is -0.117. The number of anilines is 1. The summed E-state index contributed by atoms with van der Waals surface area (Å²) < 4.78 is 1.04. The summed E-state index contributed by atoms with van der Waals surface area (Å²) in [6.07, 6.45) is 0. The average molecular weight is 257 g/mol. The summed E-state index contributed by atoms with van der Waals surface area (Å²) in [4.78, 5) is 12.9. The third kappa shape index (κ3) is 2.33. The summed E-state index contributed by atoms with van der Waals surface area (Å²) in [5.74, 6) is -0.0910. The monoisotopic (exact) mass is 256 g/mol. The molecule has 0 bridgehead atoms. The van der Waals surface area contributed by atoms with Gasteiger partial charge in [0.1, 0.15) is 0 Å². The highest BCUT2D eigenvalue weighted by Gasteiger charge is 2.08. The zero-order valence-corrected chi connectivity index (χ0v) is 9.84. The van der Waals surface area contributed by atoms with Crippen molar-refractivity contribution >= 4 is 27.5 Å². The highest BCUT2D eigenvalue weighted by atomic mass is 79.9. The van der Waals surface area contributed by atoms with Crippen LogP contribution >= 0.6 is 15.9 Å². The van der Waals surface area contributed by atoms with Crippen molar-refractivity contribution in [3.05, 3.63) is 28.2 Å². The second-order valence-electron chi connectivity index (χ2n) is 3.09. The van der Waals surface area contributed by atoms with E-state index in [9.17, 15) is 4.79 Å². The molecule has 0 atom stereocenters. The molecule has 4 heteroatoms. The fraction of sp³-hybridized carbons (Fsp3) is 0.300. The Hall–Kier alpha value is -0.870. The quantitative estimate of drug-likeness (QED) is 0.876. The molecule has 0 heterocycles. The van der Waals surface area contributed by atoms with Crippen molar-refractivity contribution in [2.24, 2.45) is 5.73 Å². The fourth-order valence-electron chi connectivity index (χ4n) is 1.12. The first kappa shape index (κ1) is 11.2. The van der Waals surface area contributed by atoms with Crippen molar-refractivity contribution in [2.75, 3.05) is 18.5 Å². The molecule has 0 radical (unpaired) electrons. The van der Waals surface area contributed by atoms with Crippen molar-refractivity contribution in [2.45, 2.75) is 6.92 Å². The molecular formula is C10H13BrN2O. The van der Waals surface area contributed by atoms with Gasteiger partial charge in [0.05, 0.1) is 6.54 Å². The summed E-state index contributed by atoms with van der Waals surface area (Å²) in [5.41, 5.74) is 7.24. The Bertz CT molecular complexity index is 352. The molecular weight excluding hydrogens is 244 g/mol. The van der Waals surface area contributed by atoms with Gasteiger partial charge >= 0.3 is 0 Å². The van der Waals surface area contributed by atoms with E-state index in [4.69, 9.17) is 5.73 Å². The molecule has 0 fully saturated rings. The molecule has 0 saturated heterocycles. The third-order valence-electron chi connectivity index (χ3n) is 2.08. The molecule has 1 amide bonds. The van der Waals surface area contributed by atoms with E-state index in [-0.39, 0.29) is 12.5 Å². The standard InChI is InChI=1S/C10H13BrN2O/c1-7-5-8(3-4-9(7)11)13(2)10(14)6-12/h3-5H,6,12H2,1-2H3. The van der Waals surface area contributed by atoms with Gasteiger partial charge in [-0.25, -0.2) is 0 Å². The van der Waals surface area contributed by atoms with E-state index in [0.717, 1.165) is 15.7 Å². The smallest absolute Gasteiger partial charge is 0.240 e. The van der Waals surface area contributed by atoms with Gasteiger partial charge < -0.3 is 10.6 Å². The highest BCUT2D eigenvalue weighted by Crippen LogP contribution is 2.22. The fourth-order valence-corrected chi connectivity index (χ4v) is 1.37. The van der Waals surface area contributed by atoms with Gasteiger partial charge in [0.2, 0.25) is 5.91 Å². The van der Waals surface area contributed by atoms with Crippen LogP contribution in [-0.4, -0.2) is 19.5 Å². The summed E-state index contributed by atoms with van der Waals surface area (Å²) in [7, 11) is 1.72. The Balaban J connectivity index is 2.96. The largest absolute Gasteiger partial charge is 0.322 e. The predicted molar refractivity (Wildman–Crippen MR) is 61.3 cm³/mol. The number of amides is 1. The van der Waals surface area contributed by atoms with Gasteiger partial charge in [-0.05, 0) is 30.7 Å². The third-order valence-corrected chi connectivity index (χ3v) is 2.97. The molecule has 0 saturated carbocycles. The number of likely N-dealkylation sites (N-methyl/N-ethyl adjacent to an activating group) is 1. The van der Waals surface area contributed by atoms with Gasteiger partial charge in [0, 0.05) is 17.2 Å². The minimum Gasteiger partial charge on any atom is -0.322 e. The average Bonchev–Trinajstić information content (AvgIpc) is 2.20. The SMILES string of the molecule is Cc1cc(N(C)C(=O)CN)ccc1Br. The van der Waals surface area contributed by atoms with Gasteiger partial charge in [-0.1, -0.05) is 15.9 Å². The number of aryl methyl sites for hydroxylation is 1. The lowest BCUT2D eigenvalue weighted by Gasteiger charge is -2.17. The van der Waals surface area contributed by atoms with Gasteiger partial charge in [0.25, 0.3) is 0 Å². The van der Waals surface area contributed by atoms with Crippen LogP contribution in [-0.2, 0) is 4.79 Å². The van der Waals surface area contributed by atoms with Gasteiger partial charge in [0.15, 0.2) is 0 Å². The minimum atomic E-state index is -0.0910. The molecule has 0 aliphatic carbocycles. The Morgan fingerprint density at radius 3 is 2.71 bits per heavy atom. The van der Waals surface area contributed by atoms with Crippen LogP contribution in [0.3, 0.4) is 0 Å². The molecule has 3 nitrogen and oxygen atoms in total. The van der Waals surface area contributed by atoms with Crippen LogP contribution in [0.1, 0.15) is 5.56 Å². The first-order valence-corrected chi connectivity index (χ1v) is 5.08. The zero-order chi connectivity index (χ0) is 10.7. The van der Waals surface area contributed by atoms with Crippen LogP contribution in [0.25, 0.3) is 0 Å². The Morgan fingerprint density at radius 1 is 1.57 bits per heavy atom. The number of nitrogens with zero attached hydrogens (tertiary/aromatic N) is 1. The zero-order valence-electron chi connectivity index (χ0n) is 8.25. The lowest BCUT2D eigenvalue weighted by Crippen LogP contribution is -2.32. The minimum absolute atomic E-state index is 0.0333. The van der Waals surface area contributed by atoms with Crippen molar-refractivity contribution in [3.63, 3.8) is 0 Å². The Labute approximate surface area is 92.0 Å². The molecule has 0 unspecified atom stereocenters. The van der Waals surface area contributed by atoms with Crippen LogP contribution in [0.15, 0.2) is 22.7 Å². The van der Waals surface area contributed by atoms with E-state index in [1.165, 1.54) is 0 Å². The summed E-state index contributed by atoms with van der Waals surface area (Å²) in [5, 5.41) is 0. The van der Waals surface area contributed by atoms with E-state index < -0.39 is 0 Å². The normalized spacial score (nSPS) is 10.0. The molecule has 2 N–H and O–H groups in total. The molecule has 0 aliphatic rings. The maximum Gasteiger partial charge on any atom is 0.240 e. The van der Waals surface area contributed by atoms with Crippen LogP contribution in [0.2, 0.25) is 0 Å². The van der Waals surface area contributed by atoms with Crippen molar-refractivity contribution < 1.29 is 4.79 Å². The number of carbonyl (C=O) groups is 1. The number of benzene rings is 1. The topological polar surface area (TPSA) is 46.3 Å². The number of nitrogens with two attached hydrogens (primary N) is 1. The summed E-state index contributed by atoms with van der Waals surface area (Å²) >= 11 is 3.40. The molecule has 1 aromatic rings. The maximum atomic E-state index is 11.3. The van der Waals surface area contributed by atoms with Crippen molar-refractivity contribution in [1.29, 1.82) is 0 Å². The molecule has 0 aliphatic heterocycles. The highest BCUT2D eigenvalue weighted by molar-refractivity contribution is 9.10. The first-order chi connectivity index (χ1) is 6.56. The summed E-state index contributed by atoms with van der Waals surface area (Å²) in [6, 6.07) is 5.74. The van der Waals surface area contributed by atoms with Crippen molar-refractivity contribution in [3.8, 4) is 0 Å². The van der Waals surface area contributed by atoms with E-state index in [0.29, 0.717) is 0 Å². The van der Waals surface area contributed by atoms with Crippen LogP contribution in [0.4, 0.5) is 5.69 Å². The molecule has 76 valence electrons. The first-order valence-electron chi connectivity index (χ1n) is 4.29. The van der Waals surface area contributed by atoms with Crippen LogP contribution < -0.4 is 10.6 Å². The molecule has 0 aromatic heterocycles. The Morgan fingerprint density at radius 2 is 2.21 bits per heavy atom. The number of hydrogen-bond donors (Lipinski definition) is 1. The van der Waals surface area contributed by atoms with Crippen molar-refractivity contribution in [1.82, 2.24) is 0 Å². The van der Waals surface area contributed by atoms with E-state index >= 15 is 0 Å². The molecule has 0 spiro atoms. The predicted octanol–water partition coefficient (Wildman–Crippen LogP) is 1.68. The molecule has 1 aromatic carbocycles. The number of carbonyl (C=O) groups excluding carboxylic acids is 1.